The molecule has 0 bridgehead atoms. The molecule has 1 aromatic rings. The molecule has 0 atom stereocenters. The molecule has 0 radical (unpaired) electrons. The Morgan fingerprint density at radius 1 is 1.41 bits per heavy atom. The standard InChI is InChI=1S/C12H12N2O3/c13-12(3-4-12)11(16)7-1-2-9-8(5-7)14-10(15)6-17-9/h1-2,5H,3-4,6,13H2,(H,14,15). The van der Waals surface area contributed by atoms with Crippen LogP contribution < -0.4 is 15.8 Å². The first kappa shape index (κ1) is 10.3. The Hall–Kier alpha value is -1.88. The van der Waals surface area contributed by atoms with Crippen LogP contribution in [-0.4, -0.2) is 23.8 Å². The predicted octanol–water partition coefficient (Wildman–Crippen LogP) is 0.691. The lowest BCUT2D eigenvalue weighted by Crippen LogP contribution is -2.33. The molecule has 0 saturated heterocycles. The third kappa shape index (κ3) is 1.68. The van der Waals surface area contributed by atoms with Crippen molar-refractivity contribution < 1.29 is 14.3 Å². The van der Waals surface area contributed by atoms with Crippen LogP contribution in [0.5, 0.6) is 5.75 Å². The number of fused-ring (bicyclic) bond motifs is 1. The van der Waals surface area contributed by atoms with E-state index >= 15 is 0 Å². The minimum absolute atomic E-state index is 0.0150. The average Bonchev–Trinajstić information content (AvgIpc) is 3.06. The summed E-state index contributed by atoms with van der Waals surface area (Å²) in [5.74, 6) is 0.305. The Bertz CT molecular complexity index is 520. The van der Waals surface area contributed by atoms with E-state index in [0.717, 1.165) is 12.8 Å². The van der Waals surface area contributed by atoms with Crippen molar-refractivity contribution in [3.05, 3.63) is 23.8 Å². The molecule has 88 valence electrons. The third-order valence-corrected chi connectivity index (χ3v) is 3.12. The Morgan fingerprint density at radius 3 is 2.88 bits per heavy atom. The maximum Gasteiger partial charge on any atom is 0.262 e. The first-order chi connectivity index (χ1) is 8.08. The fraction of sp³-hybridized carbons (Fsp3) is 0.333. The SMILES string of the molecule is NC1(C(=O)c2ccc3c(c2)NC(=O)CO3)CC1. The van der Waals surface area contributed by atoms with Gasteiger partial charge in [0.25, 0.3) is 5.91 Å². The molecule has 3 rings (SSSR count). The molecule has 5 nitrogen and oxygen atoms in total. The lowest BCUT2D eigenvalue weighted by Gasteiger charge is -2.18. The predicted molar refractivity (Wildman–Crippen MR) is 61.0 cm³/mol. The van der Waals surface area contributed by atoms with Crippen LogP contribution in [0.25, 0.3) is 0 Å². The number of nitrogens with one attached hydrogen (secondary N) is 1. The van der Waals surface area contributed by atoms with Crippen LogP contribution in [0.1, 0.15) is 23.2 Å². The summed E-state index contributed by atoms with van der Waals surface area (Å²) in [4.78, 5) is 23.2. The van der Waals surface area contributed by atoms with E-state index in [1.54, 1.807) is 18.2 Å². The molecule has 1 heterocycles. The summed E-state index contributed by atoms with van der Waals surface area (Å²) in [7, 11) is 0. The van der Waals surface area contributed by atoms with Crippen LogP contribution in [0.15, 0.2) is 18.2 Å². The lowest BCUT2D eigenvalue weighted by molar-refractivity contribution is -0.118. The second-order valence-corrected chi connectivity index (χ2v) is 4.53. The molecule has 0 aromatic heterocycles. The first-order valence-corrected chi connectivity index (χ1v) is 5.49. The highest BCUT2D eigenvalue weighted by molar-refractivity contribution is 6.06. The maximum absolute atomic E-state index is 12.0. The molecular weight excluding hydrogens is 220 g/mol. The smallest absolute Gasteiger partial charge is 0.262 e. The number of carbonyl (C=O) groups excluding carboxylic acids is 2. The third-order valence-electron chi connectivity index (χ3n) is 3.12. The van der Waals surface area contributed by atoms with Crippen LogP contribution in [0.2, 0.25) is 0 Å². The lowest BCUT2D eigenvalue weighted by atomic mass is 10.0. The van der Waals surface area contributed by atoms with Gasteiger partial charge in [-0.05, 0) is 31.0 Å². The maximum atomic E-state index is 12.0. The second kappa shape index (κ2) is 3.30. The van der Waals surface area contributed by atoms with Crippen molar-refractivity contribution in [1.29, 1.82) is 0 Å². The number of hydrogen-bond acceptors (Lipinski definition) is 4. The number of hydrogen-bond donors (Lipinski definition) is 2. The molecule has 1 fully saturated rings. The van der Waals surface area contributed by atoms with Crippen molar-refractivity contribution >= 4 is 17.4 Å². The number of ether oxygens (including phenoxy) is 1. The van der Waals surface area contributed by atoms with Gasteiger partial charge in [0.05, 0.1) is 11.2 Å². The topological polar surface area (TPSA) is 81.4 Å². The number of amides is 1. The van der Waals surface area contributed by atoms with Crippen molar-refractivity contribution in [1.82, 2.24) is 0 Å². The van der Waals surface area contributed by atoms with Crippen molar-refractivity contribution in [3.8, 4) is 5.75 Å². The monoisotopic (exact) mass is 232 g/mol. The highest BCUT2D eigenvalue weighted by Gasteiger charge is 2.46. The molecule has 1 amide bonds. The van der Waals surface area contributed by atoms with E-state index in [2.05, 4.69) is 5.32 Å². The van der Waals surface area contributed by atoms with E-state index < -0.39 is 5.54 Å². The van der Waals surface area contributed by atoms with E-state index in [-0.39, 0.29) is 18.3 Å². The van der Waals surface area contributed by atoms with Crippen molar-refractivity contribution in [2.45, 2.75) is 18.4 Å². The fourth-order valence-corrected chi connectivity index (χ4v) is 1.87. The highest BCUT2D eigenvalue weighted by atomic mass is 16.5. The molecule has 0 spiro atoms. The summed E-state index contributed by atoms with van der Waals surface area (Å²) in [6.45, 7) is 0.0150. The number of Topliss-reactive ketones (excluding diaryl/α,β-unsaturated/α-hetero) is 1. The molecule has 3 N–H and O–H groups in total. The number of benzene rings is 1. The van der Waals surface area contributed by atoms with Gasteiger partial charge in [0.15, 0.2) is 12.4 Å². The quantitative estimate of drug-likeness (QED) is 0.735. The molecule has 1 aromatic carbocycles. The number of ketones is 1. The summed E-state index contributed by atoms with van der Waals surface area (Å²) in [5.41, 5.74) is 6.23. The molecule has 1 aliphatic carbocycles. The average molecular weight is 232 g/mol. The van der Waals surface area contributed by atoms with Gasteiger partial charge >= 0.3 is 0 Å². The minimum atomic E-state index is -0.687. The van der Waals surface area contributed by atoms with E-state index in [4.69, 9.17) is 10.5 Å². The number of anilines is 1. The molecule has 1 aliphatic heterocycles. The number of nitrogens with two attached hydrogens (primary N) is 1. The van der Waals surface area contributed by atoms with Crippen molar-refractivity contribution in [2.24, 2.45) is 5.73 Å². The van der Waals surface area contributed by atoms with Crippen LogP contribution >= 0.6 is 0 Å². The molecule has 2 aliphatic rings. The van der Waals surface area contributed by atoms with Gasteiger partial charge in [-0.15, -0.1) is 0 Å². The van der Waals surface area contributed by atoms with Crippen LogP contribution in [0.3, 0.4) is 0 Å². The summed E-state index contributed by atoms with van der Waals surface area (Å²) < 4.78 is 5.22. The van der Waals surface area contributed by atoms with Gasteiger partial charge in [-0.3, -0.25) is 9.59 Å². The zero-order valence-electron chi connectivity index (χ0n) is 9.16. The number of carbonyl (C=O) groups is 2. The normalized spacial score (nSPS) is 19.9. The molecule has 1 saturated carbocycles. The van der Waals surface area contributed by atoms with Crippen LogP contribution in [-0.2, 0) is 4.79 Å². The minimum Gasteiger partial charge on any atom is -0.482 e. The Balaban J connectivity index is 1.95. The zero-order valence-corrected chi connectivity index (χ0v) is 9.16. The molecule has 5 heteroatoms. The van der Waals surface area contributed by atoms with E-state index in [1.807, 2.05) is 0 Å². The Kier molecular flexibility index (Phi) is 2.00. The fourth-order valence-electron chi connectivity index (χ4n) is 1.87. The summed E-state index contributed by atoms with van der Waals surface area (Å²) in [5, 5.41) is 2.67. The van der Waals surface area contributed by atoms with E-state index in [1.165, 1.54) is 0 Å². The van der Waals surface area contributed by atoms with E-state index in [0.29, 0.717) is 17.0 Å². The van der Waals surface area contributed by atoms with Crippen molar-refractivity contribution in [3.63, 3.8) is 0 Å². The summed E-state index contributed by atoms with van der Waals surface area (Å²) in [6.07, 6.45) is 1.46. The Labute approximate surface area is 97.9 Å². The van der Waals surface area contributed by atoms with Gasteiger partial charge in [-0.25, -0.2) is 0 Å². The van der Waals surface area contributed by atoms with Crippen LogP contribution in [0.4, 0.5) is 5.69 Å². The first-order valence-electron chi connectivity index (χ1n) is 5.49. The van der Waals surface area contributed by atoms with Gasteiger partial charge in [-0.2, -0.15) is 0 Å². The van der Waals surface area contributed by atoms with Gasteiger partial charge < -0.3 is 15.8 Å². The molecule has 17 heavy (non-hydrogen) atoms. The molecular formula is C12H12N2O3. The van der Waals surface area contributed by atoms with Gasteiger partial charge in [0.1, 0.15) is 5.75 Å². The summed E-state index contributed by atoms with van der Waals surface area (Å²) >= 11 is 0. The Morgan fingerprint density at radius 2 is 2.18 bits per heavy atom. The largest absolute Gasteiger partial charge is 0.482 e. The molecule has 0 unspecified atom stereocenters. The second-order valence-electron chi connectivity index (χ2n) is 4.53. The van der Waals surface area contributed by atoms with Gasteiger partial charge in [0, 0.05) is 5.56 Å². The van der Waals surface area contributed by atoms with Crippen molar-refractivity contribution in [2.75, 3.05) is 11.9 Å². The number of rotatable bonds is 2. The van der Waals surface area contributed by atoms with Crippen LogP contribution in [0, 0.1) is 0 Å². The zero-order chi connectivity index (χ0) is 12.0. The van der Waals surface area contributed by atoms with E-state index in [9.17, 15) is 9.59 Å². The van der Waals surface area contributed by atoms with Gasteiger partial charge in [-0.1, -0.05) is 0 Å². The van der Waals surface area contributed by atoms with Gasteiger partial charge in [0.2, 0.25) is 0 Å². The summed E-state index contributed by atoms with van der Waals surface area (Å²) in [6, 6.07) is 5.00. The highest BCUT2D eigenvalue weighted by Crippen LogP contribution is 2.37.